The summed E-state index contributed by atoms with van der Waals surface area (Å²) in [6.07, 6.45) is 18.6. The van der Waals surface area contributed by atoms with E-state index in [-0.39, 0.29) is 5.91 Å². The normalized spacial score (nSPS) is 10.6. The van der Waals surface area contributed by atoms with Gasteiger partial charge < -0.3 is 19.5 Å². The zero-order chi connectivity index (χ0) is 25.0. The van der Waals surface area contributed by atoms with Crippen molar-refractivity contribution >= 4 is 23.2 Å². The van der Waals surface area contributed by atoms with Gasteiger partial charge in [-0.1, -0.05) is 90.4 Å². The number of ether oxygens (including phenoxy) is 3. The lowest BCUT2D eigenvalue weighted by atomic mass is 10.0. The fraction of sp³-hybridized carbons (Fsp3) is 0.704. The van der Waals surface area contributed by atoms with Crippen LogP contribution < -0.4 is 24.8 Å². The number of nitrogens with one attached hydrogen (secondary N) is 2. The molecule has 7 heteroatoms. The minimum atomic E-state index is -0.322. The van der Waals surface area contributed by atoms with Gasteiger partial charge in [-0.3, -0.25) is 10.1 Å². The van der Waals surface area contributed by atoms with Crippen LogP contribution in [0, 0.1) is 0 Å². The van der Waals surface area contributed by atoms with Gasteiger partial charge in [0.05, 0.1) is 21.3 Å². The number of unbranched alkanes of at least 4 members (excludes halogenated alkanes) is 13. The fourth-order valence-electron chi connectivity index (χ4n) is 3.95. The van der Waals surface area contributed by atoms with Crippen LogP contribution in [-0.4, -0.2) is 38.9 Å². The monoisotopic (exact) mass is 494 g/mol. The molecule has 0 aliphatic carbocycles. The predicted octanol–water partition coefficient (Wildman–Crippen LogP) is 6.80. The van der Waals surface area contributed by atoms with Gasteiger partial charge in [-0.15, -0.1) is 0 Å². The first-order valence-electron chi connectivity index (χ1n) is 13.0. The molecule has 0 saturated carbocycles. The Balaban J connectivity index is 2.11. The molecule has 2 N–H and O–H groups in total. The van der Waals surface area contributed by atoms with E-state index in [0.29, 0.717) is 27.9 Å². The molecule has 0 spiro atoms. The maximum Gasteiger partial charge on any atom is 0.257 e. The first kappa shape index (κ1) is 30.0. The molecule has 34 heavy (non-hydrogen) atoms. The molecule has 1 aromatic rings. The third-order valence-electron chi connectivity index (χ3n) is 5.97. The summed E-state index contributed by atoms with van der Waals surface area (Å²) in [7, 11) is 4.56. The largest absolute Gasteiger partial charge is 0.493 e. The predicted molar refractivity (Wildman–Crippen MR) is 144 cm³/mol. The zero-order valence-electron chi connectivity index (χ0n) is 21.8. The van der Waals surface area contributed by atoms with Crippen LogP contribution in [0.15, 0.2) is 12.1 Å². The van der Waals surface area contributed by atoms with Crippen molar-refractivity contribution in [3.63, 3.8) is 0 Å². The molecule has 0 fully saturated rings. The van der Waals surface area contributed by atoms with Crippen LogP contribution in [0.25, 0.3) is 0 Å². The van der Waals surface area contributed by atoms with E-state index in [1.807, 2.05) is 0 Å². The number of carbonyl (C=O) groups excluding carboxylic acids is 1. The van der Waals surface area contributed by atoms with Crippen molar-refractivity contribution in [2.75, 3.05) is 27.9 Å². The third kappa shape index (κ3) is 12.4. The lowest BCUT2D eigenvalue weighted by molar-refractivity contribution is 0.0976. The van der Waals surface area contributed by atoms with Crippen molar-refractivity contribution < 1.29 is 19.0 Å². The van der Waals surface area contributed by atoms with Crippen molar-refractivity contribution in [1.82, 2.24) is 10.6 Å². The van der Waals surface area contributed by atoms with E-state index in [9.17, 15) is 4.79 Å². The van der Waals surface area contributed by atoms with E-state index in [2.05, 4.69) is 17.6 Å². The van der Waals surface area contributed by atoms with E-state index >= 15 is 0 Å². The quantitative estimate of drug-likeness (QED) is 0.163. The van der Waals surface area contributed by atoms with E-state index in [4.69, 9.17) is 26.4 Å². The molecule has 6 nitrogen and oxygen atoms in total. The van der Waals surface area contributed by atoms with Crippen LogP contribution >= 0.6 is 12.2 Å². The highest BCUT2D eigenvalue weighted by molar-refractivity contribution is 7.80. The van der Waals surface area contributed by atoms with Crippen molar-refractivity contribution in [3.05, 3.63) is 17.7 Å². The summed E-state index contributed by atoms with van der Waals surface area (Å²) in [5, 5.41) is 6.16. The smallest absolute Gasteiger partial charge is 0.257 e. The summed E-state index contributed by atoms with van der Waals surface area (Å²) >= 11 is 5.27. The standard InChI is InChI=1S/C27H46N2O4S/c1-5-6-7-8-9-10-11-12-13-14-15-16-17-18-19-28-27(34)29-26(30)22-20-23(31-2)25(33-4)24(21-22)32-3/h20-21H,5-19H2,1-4H3,(H2,28,29,30,34). The molecule has 0 aromatic heterocycles. The maximum atomic E-state index is 12.6. The molecule has 194 valence electrons. The second-order valence-electron chi connectivity index (χ2n) is 8.72. The molecular formula is C27H46N2O4S. The summed E-state index contributed by atoms with van der Waals surface area (Å²) in [6.45, 7) is 3.03. The highest BCUT2D eigenvalue weighted by Crippen LogP contribution is 2.38. The van der Waals surface area contributed by atoms with Gasteiger partial charge in [0.25, 0.3) is 5.91 Å². The van der Waals surface area contributed by atoms with Crippen molar-refractivity contribution in [2.24, 2.45) is 0 Å². The molecule has 0 heterocycles. The van der Waals surface area contributed by atoms with Crippen molar-refractivity contribution in [3.8, 4) is 17.2 Å². The summed E-state index contributed by atoms with van der Waals surface area (Å²) in [5.41, 5.74) is 0.384. The Morgan fingerprint density at radius 1 is 0.735 bits per heavy atom. The van der Waals surface area contributed by atoms with E-state index < -0.39 is 0 Å². The SMILES string of the molecule is CCCCCCCCCCCCCCCCNC(=S)NC(=O)c1cc(OC)c(OC)c(OC)c1. The van der Waals surface area contributed by atoms with Crippen LogP contribution in [0.5, 0.6) is 17.2 Å². The van der Waals surface area contributed by atoms with Gasteiger partial charge >= 0.3 is 0 Å². The van der Waals surface area contributed by atoms with Crippen LogP contribution in [0.2, 0.25) is 0 Å². The molecule has 1 amide bonds. The molecule has 0 saturated heterocycles. The second kappa shape index (κ2) is 19.3. The first-order chi connectivity index (χ1) is 16.6. The highest BCUT2D eigenvalue weighted by atomic mass is 32.1. The summed E-state index contributed by atoms with van der Waals surface area (Å²) < 4.78 is 15.9. The number of benzene rings is 1. The molecular weight excluding hydrogens is 448 g/mol. The van der Waals surface area contributed by atoms with Crippen LogP contribution in [0.1, 0.15) is 107 Å². The molecule has 1 rings (SSSR count). The zero-order valence-corrected chi connectivity index (χ0v) is 22.6. The average molecular weight is 495 g/mol. The fourth-order valence-corrected chi connectivity index (χ4v) is 4.15. The van der Waals surface area contributed by atoms with Gasteiger partial charge in [-0.25, -0.2) is 0 Å². The van der Waals surface area contributed by atoms with Crippen LogP contribution in [0.4, 0.5) is 0 Å². The van der Waals surface area contributed by atoms with Gasteiger partial charge in [0.15, 0.2) is 16.6 Å². The number of rotatable bonds is 19. The molecule has 0 aliphatic heterocycles. The molecule has 0 bridgehead atoms. The molecule has 0 unspecified atom stereocenters. The van der Waals surface area contributed by atoms with Crippen molar-refractivity contribution in [2.45, 2.75) is 96.8 Å². The number of hydrogen-bond donors (Lipinski definition) is 2. The van der Waals surface area contributed by atoms with Crippen molar-refractivity contribution in [1.29, 1.82) is 0 Å². The lowest BCUT2D eigenvalue weighted by Gasteiger charge is -2.14. The number of thiocarbonyl (C=S) groups is 1. The number of hydrogen-bond acceptors (Lipinski definition) is 5. The number of carbonyl (C=O) groups is 1. The van der Waals surface area contributed by atoms with Gasteiger partial charge in [0, 0.05) is 12.1 Å². The number of amides is 1. The van der Waals surface area contributed by atoms with E-state index in [1.165, 1.54) is 105 Å². The lowest BCUT2D eigenvalue weighted by Crippen LogP contribution is -2.39. The Kier molecular flexibility index (Phi) is 17.0. The van der Waals surface area contributed by atoms with Gasteiger partial charge in [-0.2, -0.15) is 0 Å². The van der Waals surface area contributed by atoms with Crippen LogP contribution in [-0.2, 0) is 0 Å². The Bertz CT molecular complexity index is 687. The molecule has 0 aliphatic rings. The Morgan fingerprint density at radius 2 is 1.18 bits per heavy atom. The summed E-state index contributed by atoms with van der Waals surface area (Å²) in [5.74, 6) is 0.972. The van der Waals surface area contributed by atoms with Crippen LogP contribution in [0.3, 0.4) is 0 Å². The van der Waals surface area contributed by atoms with Gasteiger partial charge in [0.1, 0.15) is 0 Å². The number of methoxy groups -OCH3 is 3. The van der Waals surface area contributed by atoms with Gasteiger partial charge in [-0.05, 0) is 30.8 Å². The first-order valence-corrected chi connectivity index (χ1v) is 13.4. The average Bonchev–Trinajstić information content (AvgIpc) is 2.85. The Labute approximate surface area is 212 Å². The molecule has 1 aromatic carbocycles. The Morgan fingerprint density at radius 3 is 1.59 bits per heavy atom. The molecule has 0 radical (unpaired) electrons. The maximum absolute atomic E-state index is 12.6. The topological polar surface area (TPSA) is 68.8 Å². The summed E-state index contributed by atoms with van der Waals surface area (Å²) in [6, 6.07) is 3.21. The summed E-state index contributed by atoms with van der Waals surface area (Å²) in [4.78, 5) is 12.6. The minimum Gasteiger partial charge on any atom is -0.493 e. The van der Waals surface area contributed by atoms with E-state index in [1.54, 1.807) is 12.1 Å². The molecule has 0 atom stereocenters. The third-order valence-corrected chi connectivity index (χ3v) is 6.22. The van der Waals surface area contributed by atoms with Gasteiger partial charge in [0.2, 0.25) is 5.75 Å². The Hall–Kier alpha value is -2.02. The second-order valence-corrected chi connectivity index (χ2v) is 9.13. The highest BCUT2D eigenvalue weighted by Gasteiger charge is 2.17. The minimum absolute atomic E-state index is 0.322. The van der Waals surface area contributed by atoms with E-state index in [0.717, 1.165) is 13.0 Å².